The second-order valence-corrected chi connectivity index (χ2v) is 7.53. The molecule has 148 valence electrons. The highest BCUT2D eigenvalue weighted by Gasteiger charge is 2.23. The number of carbonyl (C=O) groups is 2. The minimum Gasteiger partial charge on any atom is -0.462 e. The molecule has 0 aliphatic carbocycles. The molecule has 3 aromatic rings. The molecule has 7 heteroatoms. The van der Waals surface area contributed by atoms with Crippen molar-refractivity contribution < 1.29 is 18.7 Å². The summed E-state index contributed by atoms with van der Waals surface area (Å²) in [5.41, 5.74) is 3.91. The van der Waals surface area contributed by atoms with Crippen molar-refractivity contribution in [3.8, 4) is 17.4 Å². The van der Waals surface area contributed by atoms with Gasteiger partial charge in [-0.25, -0.2) is 4.79 Å². The highest BCUT2D eigenvalue weighted by atomic mass is 32.1. The fourth-order valence-corrected chi connectivity index (χ4v) is 3.85. The van der Waals surface area contributed by atoms with Crippen molar-refractivity contribution in [2.75, 3.05) is 11.9 Å². The topological polar surface area (TPSA) is 92.3 Å². The number of aryl methyl sites for hydroxylation is 2. The molecule has 29 heavy (non-hydrogen) atoms. The third-order valence-electron chi connectivity index (χ3n) is 4.57. The van der Waals surface area contributed by atoms with Crippen LogP contribution in [0, 0.1) is 32.1 Å². The third-order valence-corrected chi connectivity index (χ3v) is 5.75. The van der Waals surface area contributed by atoms with Gasteiger partial charge in [0.15, 0.2) is 5.76 Å². The van der Waals surface area contributed by atoms with Gasteiger partial charge in [-0.15, -0.1) is 11.3 Å². The molecule has 0 aliphatic heterocycles. The Morgan fingerprint density at radius 1 is 1.17 bits per heavy atom. The molecule has 2 heterocycles. The first-order valence-corrected chi connectivity index (χ1v) is 9.86. The van der Waals surface area contributed by atoms with E-state index in [-0.39, 0.29) is 17.9 Å². The van der Waals surface area contributed by atoms with Crippen molar-refractivity contribution in [3.05, 3.63) is 63.2 Å². The van der Waals surface area contributed by atoms with E-state index in [0.29, 0.717) is 21.2 Å². The Morgan fingerprint density at radius 2 is 1.93 bits per heavy atom. The minimum atomic E-state index is -0.512. The van der Waals surface area contributed by atoms with Gasteiger partial charge in [0.05, 0.1) is 12.2 Å². The summed E-state index contributed by atoms with van der Waals surface area (Å²) in [6.45, 7) is 7.63. The highest BCUT2D eigenvalue weighted by molar-refractivity contribution is 7.18. The summed E-state index contributed by atoms with van der Waals surface area (Å²) in [6.07, 6.45) is 0. The van der Waals surface area contributed by atoms with E-state index in [4.69, 9.17) is 9.15 Å². The third kappa shape index (κ3) is 4.08. The van der Waals surface area contributed by atoms with Gasteiger partial charge in [0, 0.05) is 5.56 Å². The number of benzene rings is 1. The number of nitrogens with one attached hydrogen (secondary N) is 1. The zero-order valence-corrected chi connectivity index (χ0v) is 17.4. The minimum absolute atomic E-state index is 0.117. The molecule has 1 aromatic carbocycles. The van der Waals surface area contributed by atoms with Crippen molar-refractivity contribution >= 4 is 28.2 Å². The Balaban J connectivity index is 1.85. The molecule has 3 rings (SSSR count). The van der Waals surface area contributed by atoms with E-state index in [1.54, 1.807) is 26.0 Å². The number of hydrogen-bond acceptors (Lipinski definition) is 6. The molecule has 0 saturated heterocycles. The molecule has 0 unspecified atom stereocenters. The summed E-state index contributed by atoms with van der Waals surface area (Å²) < 4.78 is 10.7. The van der Waals surface area contributed by atoms with Crippen LogP contribution in [-0.4, -0.2) is 18.5 Å². The number of nitriles is 1. The Kier molecular flexibility index (Phi) is 5.85. The van der Waals surface area contributed by atoms with Crippen LogP contribution in [0.5, 0.6) is 0 Å². The number of amides is 1. The zero-order valence-electron chi connectivity index (χ0n) is 16.6. The summed E-state index contributed by atoms with van der Waals surface area (Å²) in [7, 11) is 0. The number of furan rings is 1. The molecule has 0 radical (unpaired) electrons. The first-order chi connectivity index (χ1) is 13.8. The van der Waals surface area contributed by atoms with Crippen LogP contribution in [0.1, 0.15) is 49.4 Å². The number of carbonyl (C=O) groups excluding carboxylic acids is 2. The van der Waals surface area contributed by atoms with E-state index in [0.717, 1.165) is 22.5 Å². The van der Waals surface area contributed by atoms with E-state index in [1.807, 2.05) is 38.1 Å². The average molecular weight is 408 g/mol. The Bertz CT molecular complexity index is 1130. The lowest BCUT2D eigenvalue weighted by molar-refractivity contribution is 0.0531. The van der Waals surface area contributed by atoms with E-state index < -0.39 is 11.9 Å². The normalized spacial score (nSPS) is 10.4. The summed E-state index contributed by atoms with van der Waals surface area (Å²) in [4.78, 5) is 25.0. The summed E-state index contributed by atoms with van der Waals surface area (Å²) in [6, 6.07) is 11.3. The monoisotopic (exact) mass is 408 g/mol. The Hall–Kier alpha value is -3.37. The zero-order chi connectivity index (χ0) is 21.1. The number of esters is 1. The van der Waals surface area contributed by atoms with E-state index in [2.05, 4.69) is 5.32 Å². The second kappa shape index (κ2) is 8.33. The van der Waals surface area contributed by atoms with E-state index in [1.165, 1.54) is 5.56 Å². The highest BCUT2D eigenvalue weighted by Crippen LogP contribution is 2.33. The molecule has 0 fully saturated rings. The quantitative estimate of drug-likeness (QED) is 0.583. The van der Waals surface area contributed by atoms with Gasteiger partial charge in [-0.3, -0.25) is 4.79 Å². The number of anilines is 1. The maximum Gasteiger partial charge on any atom is 0.348 e. The maximum atomic E-state index is 12.6. The maximum absolute atomic E-state index is 12.6. The Morgan fingerprint density at radius 3 is 2.59 bits per heavy atom. The molecule has 1 N–H and O–H groups in total. The van der Waals surface area contributed by atoms with Crippen LogP contribution < -0.4 is 5.32 Å². The van der Waals surface area contributed by atoms with Gasteiger partial charge >= 0.3 is 5.97 Å². The molecule has 6 nitrogen and oxygen atoms in total. The van der Waals surface area contributed by atoms with Gasteiger partial charge in [0.1, 0.15) is 21.7 Å². The average Bonchev–Trinajstić information content (AvgIpc) is 3.29. The van der Waals surface area contributed by atoms with E-state index in [9.17, 15) is 14.9 Å². The van der Waals surface area contributed by atoms with Gasteiger partial charge in [0.25, 0.3) is 5.91 Å². The van der Waals surface area contributed by atoms with Gasteiger partial charge in [0.2, 0.25) is 0 Å². The van der Waals surface area contributed by atoms with Crippen molar-refractivity contribution in [1.29, 1.82) is 5.26 Å². The predicted molar refractivity (Wildman–Crippen MR) is 111 cm³/mol. The number of hydrogen-bond donors (Lipinski definition) is 1. The van der Waals surface area contributed by atoms with Crippen LogP contribution in [0.2, 0.25) is 0 Å². The number of thiophene rings is 1. The molecule has 0 spiro atoms. The van der Waals surface area contributed by atoms with Crippen molar-refractivity contribution in [2.24, 2.45) is 0 Å². The van der Waals surface area contributed by atoms with Crippen molar-refractivity contribution in [1.82, 2.24) is 0 Å². The predicted octanol–water partition coefficient (Wildman–Crippen LogP) is 5.23. The van der Waals surface area contributed by atoms with Crippen molar-refractivity contribution in [3.63, 3.8) is 0 Å². The van der Waals surface area contributed by atoms with Gasteiger partial charge < -0.3 is 14.5 Å². The van der Waals surface area contributed by atoms with Crippen molar-refractivity contribution in [2.45, 2.75) is 27.7 Å². The summed E-state index contributed by atoms with van der Waals surface area (Å²) >= 11 is 1.02. The van der Waals surface area contributed by atoms with Crippen LogP contribution in [0.15, 0.2) is 34.7 Å². The molecule has 1 amide bonds. The molecular weight excluding hydrogens is 388 g/mol. The molecule has 0 bridgehead atoms. The van der Waals surface area contributed by atoms with E-state index >= 15 is 0 Å². The lowest BCUT2D eigenvalue weighted by atomic mass is 10.1. The SMILES string of the molecule is CCOC(=O)c1sc(NC(=O)c2ccc(-c3ccc(C)c(C)c3)o2)c(C#N)c1C. The van der Waals surface area contributed by atoms with Gasteiger partial charge in [-0.2, -0.15) is 5.26 Å². The molecule has 0 saturated carbocycles. The smallest absolute Gasteiger partial charge is 0.348 e. The van der Waals surface area contributed by atoms with Crippen LogP contribution >= 0.6 is 11.3 Å². The van der Waals surface area contributed by atoms with Crippen LogP contribution in [0.25, 0.3) is 11.3 Å². The number of nitrogens with zero attached hydrogens (tertiary/aromatic N) is 1. The van der Waals surface area contributed by atoms with Gasteiger partial charge in [-0.05, 0) is 62.6 Å². The standard InChI is InChI=1S/C22H20N2O4S/c1-5-27-22(26)19-14(4)16(11-23)21(29-19)24-20(25)18-9-8-17(28-18)15-7-6-12(2)13(3)10-15/h6-10H,5H2,1-4H3,(H,24,25). The summed E-state index contributed by atoms with van der Waals surface area (Å²) in [5, 5.41) is 12.4. The van der Waals surface area contributed by atoms with Crippen LogP contribution in [0.4, 0.5) is 5.00 Å². The molecule has 2 aromatic heterocycles. The van der Waals surface area contributed by atoms with Crippen LogP contribution in [-0.2, 0) is 4.74 Å². The first-order valence-electron chi connectivity index (χ1n) is 9.05. The summed E-state index contributed by atoms with van der Waals surface area (Å²) in [5.74, 6) is -0.311. The largest absolute Gasteiger partial charge is 0.462 e. The molecule has 0 atom stereocenters. The fourth-order valence-electron chi connectivity index (χ4n) is 2.80. The lowest BCUT2D eigenvalue weighted by Gasteiger charge is -2.03. The fraction of sp³-hybridized carbons (Fsp3) is 0.227. The first kappa shape index (κ1) is 20.4. The number of rotatable bonds is 5. The van der Waals surface area contributed by atoms with Gasteiger partial charge in [-0.1, -0.05) is 12.1 Å². The second-order valence-electron chi connectivity index (χ2n) is 6.51. The number of ether oxygens (including phenoxy) is 1. The van der Waals surface area contributed by atoms with Crippen LogP contribution in [0.3, 0.4) is 0 Å². The molecule has 0 aliphatic rings. The Labute approximate surface area is 172 Å². The lowest BCUT2D eigenvalue weighted by Crippen LogP contribution is -2.10. The molecular formula is C22H20N2O4S.